The molecule has 0 aliphatic rings. The smallest absolute Gasteiger partial charge is 0.387 e. The highest BCUT2D eigenvalue weighted by molar-refractivity contribution is 14.0. The molecule has 1 aromatic heterocycles. The molecule has 3 N–H and O–H groups in total. The number of hydrogen-bond donors (Lipinski definition) is 3. The van der Waals surface area contributed by atoms with Crippen molar-refractivity contribution in [3.05, 3.63) is 45.9 Å². The van der Waals surface area contributed by atoms with Crippen LogP contribution in [0.15, 0.2) is 35.5 Å². The SMILES string of the molecule is CCNC(=NCC(O)c1ccc(OC(F)F)cc1)NCCc1ncc(CC)s1.I. The van der Waals surface area contributed by atoms with Crippen LogP contribution in [0.4, 0.5) is 8.78 Å². The van der Waals surface area contributed by atoms with Gasteiger partial charge in [0, 0.05) is 30.6 Å². The van der Waals surface area contributed by atoms with Crippen molar-refractivity contribution in [3.63, 3.8) is 0 Å². The van der Waals surface area contributed by atoms with Gasteiger partial charge in [-0.1, -0.05) is 19.1 Å². The maximum Gasteiger partial charge on any atom is 0.387 e. The lowest BCUT2D eigenvalue weighted by Gasteiger charge is -2.13. The Morgan fingerprint density at radius 1 is 1.24 bits per heavy atom. The summed E-state index contributed by atoms with van der Waals surface area (Å²) in [4.78, 5) is 10.0. The zero-order chi connectivity index (χ0) is 20.4. The van der Waals surface area contributed by atoms with E-state index in [9.17, 15) is 13.9 Å². The average Bonchev–Trinajstić information content (AvgIpc) is 3.14. The minimum atomic E-state index is -2.87. The van der Waals surface area contributed by atoms with E-state index in [1.807, 2.05) is 13.1 Å². The fourth-order valence-corrected chi connectivity index (χ4v) is 3.27. The fraction of sp³-hybridized carbons (Fsp3) is 0.474. The van der Waals surface area contributed by atoms with E-state index in [2.05, 4.69) is 32.3 Å². The maximum absolute atomic E-state index is 12.2. The van der Waals surface area contributed by atoms with Crippen LogP contribution in [0.3, 0.4) is 0 Å². The molecule has 0 amide bonds. The molecule has 29 heavy (non-hydrogen) atoms. The van der Waals surface area contributed by atoms with Gasteiger partial charge in [0.25, 0.3) is 0 Å². The first-order valence-corrected chi connectivity index (χ1v) is 10.0. The molecule has 0 fully saturated rings. The van der Waals surface area contributed by atoms with Gasteiger partial charge < -0.3 is 20.5 Å². The number of guanidine groups is 1. The maximum atomic E-state index is 12.2. The number of halogens is 3. The van der Waals surface area contributed by atoms with E-state index in [4.69, 9.17) is 0 Å². The zero-order valence-electron chi connectivity index (χ0n) is 16.4. The monoisotopic (exact) mass is 540 g/mol. The highest BCUT2D eigenvalue weighted by Crippen LogP contribution is 2.19. The zero-order valence-corrected chi connectivity index (χ0v) is 19.5. The molecule has 0 saturated heterocycles. The molecule has 1 heterocycles. The molecule has 162 valence electrons. The summed E-state index contributed by atoms with van der Waals surface area (Å²) in [6.45, 7) is 2.71. The number of hydrogen-bond acceptors (Lipinski definition) is 5. The van der Waals surface area contributed by atoms with Gasteiger partial charge in [-0.15, -0.1) is 35.3 Å². The lowest BCUT2D eigenvalue weighted by Crippen LogP contribution is -2.38. The molecular weight excluding hydrogens is 513 g/mol. The van der Waals surface area contributed by atoms with Crippen molar-refractivity contribution in [2.45, 2.75) is 39.4 Å². The van der Waals surface area contributed by atoms with Crippen LogP contribution in [0.1, 0.15) is 35.4 Å². The van der Waals surface area contributed by atoms with Crippen molar-refractivity contribution in [2.24, 2.45) is 4.99 Å². The lowest BCUT2D eigenvalue weighted by atomic mass is 10.1. The molecule has 0 aliphatic heterocycles. The van der Waals surface area contributed by atoms with Gasteiger partial charge in [0.1, 0.15) is 5.75 Å². The van der Waals surface area contributed by atoms with Crippen LogP contribution in [-0.4, -0.2) is 42.3 Å². The fourth-order valence-electron chi connectivity index (χ4n) is 2.41. The summed E-state index contributed by atoms with van der Waals surface area (Å²) < 4.78 is 28.7. The highest BCUT2D eigenvalue weighted by Gasteiger charge is 2.10. The third kappa shape index (κ3) is 9.22. The van der Waals surface area contributed by atoms with Crippen LogP contribution < -0.4 is 15.4 Å². The first-order valence-electron chi connectivity index (χ1n) is 9.20. The van der Waals surface area contributed by atoms with Crippen molar-refractivity contribution in [1.29, 1.82) is 0 Å². The van der Waals surface area contributed by atoms with Crippen molar-refractivity contribution >= 4 is 41.3 Å². The molecule has 0 aliphatic carbocycles. The van der Waals surface area contributed by atoms with Crippen molar-refractivity contribution < 1.29 is 18.6 Å². The van der Waals surface area contributed by atoms with Gasteiger partial charge in [-0.3, -0.25) is 4.99 Å². The number of thiazole rings is 1. The second-order valence-electron chi connectivity index (χ2n) is 5.93. The first-order chi connectivity index (χ1) is 13.5. The van der Waals surface area contributed by atoms with Gasteiger partial charge in [0.2, 0.25) is 0 Å². The number of nitrogens with zero attached hydrogens (tertiary/aromatic N) is 2. The van der Waals surface area contributed by atoms with Gasteiger partial charge in [-0.2, -0.15) is 8.78 Å². The van der Waals surface area contributed by atoms with E-state index < -0.39 is 12.7 Å². The largest absolute Gasteiger partial charge is 0.435 e. The molecule has 0 bridgehead atoms. The number of benzene rings is 1. The second-order valence-corrected chi connectivity index (χ2v) is 7.13. The highest BCUT2D eigenvalue weighted by atomic mass is 127. The van der Waals surface area contributed by atoms with Crippen LogP contribution in [-0.2, 0) is 12.8 Å². The number of nitrogens with one attached hydrogen (secondary N) is 2. The van der Waals surface area contributed by atoms with Crippen LogP contribution in [0, 0.1) is 0 Å². The molecule has 2 rings (SSSR count). The number of aliphatic imine (C=N–C) groups is 1. The Balaban J connectivity index is 0.00000420. The molecule has 10 heteroatoms. The van der Waals surface area contributed by atoms with Crippen LogP contribution >= 0.6 is 35.3 Å². The average molecular weight is 540 g/mol. The van der Waals surface area contributed by atoms with Gasteiger partial charge in [-0.05, 0) is 31.0 Å². The van der Waals surface area contributed by atoms with Crippen molar-refractivity contribution in [3.8, 4) is 5.75 Å². The standard InChI is InChI=1S/C19H26F2N4O2S.HI/c1-3-15-11-24-17(28-15)9-10-23-19(22-4-2)25-12-16(26)13-5-7-14(8-6-13)27-18(20)21;/h5-8,11,16,18,26H,3-4,9-10,12H2,1-2H3,(H2,22,23,25);1H. The summed E-state index contributed by atoms with van der Waals surface area (Å²) in [7, 11) is 0. The van der Waals surface area contributed by atoms with E-state index in [0.29, 0.717) is 24.6 Å². The Kier molecular flexibility index (Phi) is 12.0. The Labute approximate surface area is 190 Å². The van der Waals surface area contributed by atoms with Crippen LogP contribution in [0.5, 0.6) is 5.75 Å². The summed E-state index contributed by atoms with van der Waals surface area (Å²) in [5.74, 6) is 0.657. The summed E-state index contributed by atoms with van der Waals surface area (Å²) in [5, 5.41) is 17.7. The number of ether oxygens (including phenoxy) is 1. The lowest BCUT2D eigenvalue weighted by molar-refractivity contribution is -0.0498. The Bertz CT molecular complexity index is 744. The quantitative estimate of drug-likeness (QED) is 0.243. The summed E-state index contributed by atoms with van der Waals surface area (Å²) >= 11 is 1.71. The number of aromatic nitrogens is 1. The summed E-state index contributed by atoms with van der Waals surface area (Å²) in [6, 6.07) is 5.89. The Morgan fingerprint density at radius 2 is 1.97 bits per heavy atom. The van der Waals surface area contributed by atoms with E-state index in [0.717, 1.165) is 17.8 Å². The Hall–Kier alpha value is -1.53. The molecule has 0 spiro atoms. The number of rotatable bonds is 10. The minimum absolute atomic E-state index is 0. The third-order valence-corrected chi connectivity index (χ3v) is 5.04. The molecule has 6 nitrogen and oxygen atoms in total. The molecule has 1 aromatic carbocycles. The topological polar surface area (TPSA) is 78.8 Å². The first kappa shape index (κ1) is 25.5. The van der Waals surface area contributed by atoms with E-state index >= 15 is 0 Å². The number of aliphatic hydroxyl groups excluding tert-OH is 1. The number of aryl methyl sites for hydroxylation is 1. The normalized spacial score (nSPS) is 12.4. The summed E-state index contributed by atoms with van der Waals surface area (Å²) in [5.41, 5.74) is 0.580. The van der Waals surface area contributed by atoms with Crippen LogP contribution in [0.2, 0.25) is 0 Å². The predicted octanol–water partition coefficient (Wildman–Crippen LogP) is 3.76. The third-order valence-electron chi connectivity index (χ3n) is 3.84. The molecule has 0 radical (unpaired) electrons. The van der Waals surface area contributed by atoms with Gasteiger partial charge >= 0.3 is 6.61 Å². The molecule has 0 saturated carbocycles. The predicted molar refractivity (Wildman–Crippen MR) is 123 cm³/mol. The number of alkyl halides is 2. The van der Waals surface area contributed by atoms with Crippen LogP contribution in [0.25, 0.3) is 0 Å². The number of aliphatic hydroxyl groups is 1. The minimum Gasteiger partial charge on any atom is -0.435 e. The molecular formula is C19H27F2IN4O2S. The van der Waals surface area contributed by atoms with Gasteiger partial charge in [0.05, 0.1) is 17.7 Å². The van der Waals surface area contributed by atoms with E-state index in [1.165, 1.54) is 17.0 Å². The van der Waals surface area contributed by atoms with E-state index in [-0.39, 0.29) is 36.3 Å². The van der Waals surface area contributed by atoms with E-state index in [1.54, 1.807) is 23.5 Å². The van der Waals surface area contributed by atoms with Crippen molar-refractivity contribution in [2.75, 3.05) is 19.6 Å². The van der Waals surface area contributed by atoms with Crippen molar-refractivity contribution in [1.82, 2.24) is 15.6 Å². The second kappa shape index (κ2) is 13.6. The molecule has 2 aromatic rings. The van der Waals surface area contributed by atoms with Gasteiger partial charge in [0.15, 0.2) is 5.96 Å². The summed E-state index contributed by atoms with van der Waals surface area (Å²) in [6.07, 6.45) is 2.85. The Morgan fingerprint density at radius 3 is 2.55 bits per heavy atom. The molecule has 1 unspecified atom stereocenters. The van der Waals surface area contributed by atoms with Gasteiger partial charge in [-0.25, -0.2) is 4.98 Å². The molecule has 1 atom stereocenters.